The molecule has 1 fully saturated rings. The Morgan fingerprint density at radius 1 is 1.31 bits per heavy atom. The van der Waals surface area contributed by atoms with Crippen LogP contribution in [0.3, 0.4) is 0 Å². The summed E-state index contributed by atoms with van der Waals surface area (Å²) in [6.07, 6.45) is 3.94. The fraction of sp³-hybridized carbons (Fsp3) is 0.538. The van der Waals surface area contributed by atoms with Gasteiger partial charge in [-0.2, -0.15) is 0 Å². The van der Waals surface area contributed by atoms with Crippen molar-refractivity contribution in [3.63, 3.8) is 0 Å². The summed E-state index contributed by atoms with van der Waals surface area (Å²) < 4.78 is 0. The van der Waals surface area contributed by atoms with Crippen LogP contribution in [0.15, 0.2) is 24.3 Å². The van der Waals surface area contributed by atoms with E-state index in [1.54, 1.807) is 0 Å². The molecule has 3 heteroatoms. The molecule has 1 aliphatic rings. The normalized spacial score (nSPS) is 20.7. The predicted octanol–water partition coefficient (Wildman–Crippen LogP) is 3.14. The van der Waals surface area contributed by atoms with Gasteiger partial charge in [0.2, 0.25) is 0 Å². The lowest BCUT2D eigenvalue weighted by Gasteiger charge is -2.22. The van der Waals surface area contributed by atoms with Gasteiger partial charge in [0.25, 0.3) is 0 Å². The van der Waals surface area contributed by atoms with Crippen molar-refractivity contribution >= 4 is 17.3 Å². The maximum atomic E-state index is 5.83. The number of anilines is 1. The lowest BCUT2D eigenvalue weighted by atomic mass is 9.96. The molecule has 0 aromatic heterocycles. The zero-order valence-corrected chi connectivity index (χ0v) is 10.3. The number of halogens is 1. The van der Waals surface area contributed by atoms with Crippen LogP contribution in [-0.2, 0) is 0 Å². The minimum absolute atomic E-state index is 0.794. The fourth-order valence-electron chi connectivity index (χ4n) is 2.16. The number of benzene rings is 1. The largest absolute Gasteiger partial charge is 0.385 e. The molecule has 1 aromatic rings. The Bertz CT molecular complexity index is 304. The second-order valence-electron chi connectivity index (χ2n) is 4.43. The Balaban J connectivity index is 1.69. The highest BCUT2D eigenvalue weighted by molar-refractivity contribution is 6.30. The predicted molar refractivity (Wildman–Crippen MR) is 70.2 cm³/mol. The van der Waals surface area contributed by atoms with Gasteiger partial charge >= 0.3 is 0 Å². The molecular weight excluding hydrogens is 220 g/mol. The van der Waals surface area contributed by atoms with Gasteiger partial charge in [0.05, 0.1) is 0 Å². The lowest BCUT2D eigenvalue weighted by molar-refractivity contribution is 0.364. The smallest absolute Gasteiger partial charge is 0.0407 e. The molecule has 0 saturated carbocycles. The molecule has 0 radical (unpaired) electrons. The molecular formula is C13H19ClN2. The van der Waals surface area contributed by atoms with Crippen LogP contribution in [0.25, 0.3) is 0 Å². The summed E-state index contributed by atoms with van der Waals surface area (Å²) in [6, 6.07) is 7.90. The first-order valence-corrected chi connectivity index (χ1v) is 6.42. The highest BCUT2D eigenvalue weighted by Crippen LogP contribution is 2.16. The van der Waals surface area contributed by atoms with E-state index in [-0.39, 0.29) is 0 Å². The summed E-state index contributed by atoms with van der Waals surface area (Å²) in [7, 11) is 0. The van der Waals surface area contributed by atoms with Crippen molar-refractivity contribution in [3.05, 3.63) is 29.3 Å². The van der Waals surface area contributed by atoms with Gasteiger partial charge < -0.3 is 10.6 Å². The number of piperidine rings is 1. The quantitative estimate of drug-likeness (QED) is 0.842. The summed E-state index contributed by atoms with van der Waals surface area (Å²) in [5, 5.41) is 7.67. The molecule has 2 rings (SSSR count). The van der Waals surface area contributed by atoms with Gasteiger partial charge in [-0.05, 0) is 62.5 Å². The van der Waals surface area contributed by atoms with E-state index in [9.17, 15) is 0 Å². The number of rotatable bonds is 4. The van der Waals surface area contributed by atoms with Crippen molar-refractivity contribution in [2.75, 3.05) is 25.0 Å². The summed E-state index contributed by atoms with van der Waals surface area (Å²) in [5.41, 5.74) is 1.16. The van der Waals surface area contributed by atoms with E-state index in [1.165, 1.54) is 32.4 Å². The Morgan fingerprint density at radius 2 is 2.12 bits per heavy atom. The van der Waals surface area contributed by atoms with Crippen molar-refractivity contribution in [2.45, 2.75) is 19.3 Å². The molecule has 0 aliphatic carbocycles. The molecule has 1 saturated heterocycles. The molecule has 1 unspecified atom stereocenters. The van der Waals surface area contributed by atoms with Crippen LogP contribution in [-0.4, -0.2) is 19.6 Å². The van der Waals surface area contributed by atoms with Gasteiger partial charge in [-0.25, -0.2) is 0 Å². The highest BCUT2D eigenvalue weighted by atomic mass is 35.5. The van der Waals surface area contributed by atoms with Crippen LogP contribution in [0.1, 0.15) is 19.3 Å². The van der Waals surface area contributed by atoms with E-state index in [0.717, 1.165) is 23.2 Å². The van der Waals surface area contributed by atoms with Gasteiger partial charge in [-0.15, -0.1) is 0 Å². The molecule has 1 atom stereocenters. The van der Waals surface area contributed by atoms with E-state index in [0.29, 0.717) is 0 Å². The molecule has 88 valence electrons. The van der Waals surface area contributed by atoms with Crippen LogP contribution in [0, 0.1) is 5.92 Å². The minimum Gasteiger partial charge on any atom is -0.385 e. The van der Waals surface area contributed by atoms with Crippen molar-refractivity contribution in [1.29, 1.82) is 0 Å². The van der Waals surface area contributed by atoms with Crippen molar-refractivity contribution in [3.8, 4) is 0 Å². The van der Waals surface area contributed by atoms with Crippen LogP contribution in [0.5, 0.6) is 0 Å². The van der Waals surface area contributed by atoms with Gasteiger partial charge in [-0.1, -0.05) is 11.6 Å². The molecule has 1 aliphatic heterocycles. The van der Waals surface area contributed by atoms with E-state index >= 15 is 0 Å². The molecule has 0 spiro atoms. The van der Waals surface area contributed by atoms with Crippen molar-refractivity contribution in [1.82, 2.24) is 5.32 Å². The minimum atomic E-state index is 0.794. The summed E-state index contributed by atoms with van der Waals surface area (Å²) >= 11 is 5.83. The first-order chi connectivity index (χ1) is 7.84. The number of nitrogens with one attached hydrogen (secondary N) is 2. The maximum Gasteiger partial charge on any atom is 0.0407 e. The van der Waals surface area contributed by atoms with E-state index < -0.39 is 0 Å². The highest BCUT2D eigenvalue weighted by Gasteiger charge is 2.11. The van der Waals surface area contributed by atoms with Crippen LogP contribution >= 0.6 is 11.6 Å². The van der Waals surface area contributed by atoms with E-state index in [4.69, 9.17) is 11.6 Å². The molecule has 1 aromatic carbocycles. The van der Waals surface area contributed by atoms with Crippen LogP contribution < -0.4 is 10.6 Å². The molecule has 0 bridgehead atoms. The third-order valence-electron chi connectivity index (χ3n) is 3.12. The Labute approximate surface area is 102 Å². The first-order valence-electron chi connectivity index (χ1n) is 6.05. The molecule has 16 heavy (non-hydrogen) atoms. The monoisotopic (exact) mass is 238 g/mol. The lowest BCUT2D eigenvalue weighted by Crippen LogP contribution is -2.30. The fourth-order valence-corrected chi connectivity index (χ4v) is 2.28. The van der Waals surface area contributed by atoms with Gasteiger partial charge in [0, 0.05) is 17.3 Å². The van der Waals surface area contributed by atoms with Crippen LogP contribution in [0.2, 0.25) is 5.02 Å². The van der Waals surface area contributed by atoms with Gasteiger partial charge in [-0.3, -0.25) is 0 Å². The molecule has 2 nitrogen and oxygen atoms in total. The topological polar surface area (TPSA) is 24.1 Å². The summed E-state index contributed by atoms with van der Waals surface area (Å²) in [6.45, 7) is 3.43. The Hall–Kier alpha value is -0.730. The van der Waals surface area contributed by atoms with Gasteiger partial charge in [0.15, 0.2) is 0 Å². The molecule has 0 amide bonds. The molecule has 2 N–H and O–H groups in total. The second-order valence-corrected chi connectivity index (χ2v) is 4.87. The van der Waals surface area contributed by atoms with Crippen molar-refractivity contribution < 1.29 is 0 Å². The Kier molecular flexibility index (Phi) is 4.49. The average Bonchev–Trinajstić information content (AvgIpc) is 2.33. The third-order valence-corrected chi connectivity index (χ3v) is 3.38. The summed E-state index contributed by atoms with van der Waals surface area (Å²) in [5.74, 6) is 0.841. The molecule has 1 heterocycles. The number of hydrogen-bond acceptors (Lipinski definition) is 2. The average molecular weight is 239 g/mol. The van der Waals surface area contributed by atoms with E-state index in [2.05, 4.69) is 10.6 Å². The van der Waals surface area contributed by atoms with Crippen LogP contribution in [0.4, 0.5) is 5.69 Å². The van der Waals surface area contributed by atoms with E-state index in [1.807, 2.05) is 24.3 Å². The zero-order valence-electron chi connectivity index (χ0n) is 9.51. The standard InChI is InChI=1S/C13H19ClN2/c14-12-3-5-13(6-4-12)16-9-7-11-2-1-8-15-10-11/h3-6,11,15-16H,1-2,7-10H2. The first kappa shape index (κ1) is 11.7. The zero-order chi connectivity index (χ0) is 11.2. The van der Waals surface area contributed by atoms with Gasteiger partial charge in [0.1, 0.15) is 0 Å². The second kappa shape index (κ2) is 6.12. The third kappa shape index (κ3) is 3.69. The number of hydrogen-bond donors (Lipinski definition) is 2. The van der Waals surface area contributed by atoms with Crippen molar-refractivity contribution in [2.24, 2.45) is 5.92 Å². The summed E-state index contributed by atoms with van der Waals surface area (Å²) in [4.78, 5) is 0. The SMILES string of the molecule is Clc1ccc(NCCC2CCCNC2)cc1. The Morgan fingerprint density at radius 3 is 2.81 bits per heavy atom. The maximum absolute atomic E-state index is 5.83.